The molecule has 0 aliphatic carbocycles. The third kappa shape index (κ3) is 4.85. The highest BCUT2D eigenvalue weighted by Gasteiger charge is 2.18. The van der Waals surface area contributed by atoms with Crippen LogP contribution in [0, 0.1) is 5.13 Å². The van der Waals surface area contributed by atoms with Gasteiger partial charge in [0.05, 0.1) is 16.7 Å². The van der Waals surface area contributed by atoms with Crippen molar-refractivity contribution in [3.63, 3.8) is 0 Å². The summed E-state index contributed by atoms with van der Waals surface area (Å²) in [6.07, 6.45) is 9.33. The Bertz CT molecular complexity index is 1690. The van der Waals surface area contributed by atoms with Gasteiger partial charge in [0.2, 0.25) is 0 Å². The van der Waals surface area contributed by atoms with Crippen LogP contribution in [0.2, 0.25) is 0 Å². The van der Waals surface area contributed by atoms with Gasteiger partial charge < -0.3 is 10.3 Å². The molecule has 0 saturated heterocycles. The number of fused-ring (bicyclic) bond motifs is 2. The number of thiophene rings is 1. The minimum atomic E-state index is -0.243. The van der Waals surface area contributed by atoms with E-state index in [1.807, 2.05) is 37.3 Å². The van der Waals surface area contributed by atoms with Crippen LogP contribution in [0.3, 0.4) is 0 Å². The number of nitrogens with zero attached hydrogens (tertiary/aromatic N) is 4. The monoisotopic (exact) mass is 511 g/mol. The highest BCUT2D eigenvalue weighted by Crippen LogP contribution is 2.33. The number of hydrogen-bond acceptors (Lipinski definition) is 6. The summed E-state index contributed by atoms with van der Waals surface area (Å²) in [4.78, 5) is 18.1. The first kappa shape index (κ1) is 24.3. The molecule has 5 heterocycles. The molecule has 0 radical (unpaired) electrons. The average Bonchev–Trinajstić information content (AvgIpc) is 3.63. The van der Waals surface area contributed by atoms with Gasteiger partial charge in [0, 0.05) is 28.0 Å². The van der Waals surface area contributed by atoms with Crippen LogP contribution in [0.5, 0.6) is 0 Å². The highest BCUT2D eigenvalue weighted by atomic mass is 32.1. The maximum absolute atomic E-state index is 13.7. The first-order valence-electron chi connectivity index (χ1n) is 11.9. The summed E-state index contributed by atoms with van der Waals surface area (Å²) >= 11 is 1.08. The van der Waals surface area contributed by atoms with Gasteiger partial charge in [-0.1, -0.05) is 32.6 Å². The third-order valence-corrected chi connectivity index (χ3v) is 6.78. The normalized spacial score (nSPS) is 12.4. The van der Waals surface area contributed by atoms with Gasteiger partial charge >= 0.3 is 0 Å². The third-order valence-electron chi connectivity index (χ3n) is 5.87. The highest BCUT2D eigenvalue weighted by molar-refractivity contribution is 7.14. The SMILES string of the molecule is C=C/C(=C\C(=C/C)c1ccc2[nH]nc(-c3nc4nccc(-c5ccc(F)s5)c4[nH]3)c2n1)NC(=C)CCC. The van der Waals surface area contributed by atoms with Gasteiger partial charge in [-0.2, -0.15) is 9.49 Å². The fourth-order valence-electron chi connectivity index (χ4n) is 4.10. The minimum Gasteiger partial charge on any atom is -0.359 e. The molecule has 5 rings (SSSR count). The molecule has 9 heteroatoms. The van der Waals surface area contributed by atoms with Crippen LogP contribution in [0.1, 0.15) is 32.4 Å². The van der Waals surface area contributed by atoms with Crippen molar-refractivity contribution in [3.05, 3.63) is 90.1 Å². The number of H-pyrrole nitrogens is 2. The van der Waals surface area contributed by atoms with Crippen LogP contribution >= 0.6 is 11.3 Å². The fourth-order valence-corrected chi connectivity index (χ4v) is 4.86. The van der Waals surface area contributed by atoms with E-state index in [4.69, 9.17) is 4.98 Å². The molecular weight excluding hydrogens is 485 g/mol. The summed E-state index contributed by atoms with van der Waals surface area (Å²) < 4.78 is 13.7. The first-order chi connectivity index (χ1) is 18.0. The summed E-state index contributed by atoms with van der Waals surface area (Å²) in [6, 6.07) is 8.95. The van der Waals surface area contributed by atoms with Crippen molar-refractivity contribution < 1.29 is 4.39 Å². The van der Waals surface area contributed by atoms with E-state index >= 15 is 0 Å². The summed E-state index contributed by atoms with van der Waals surface area (Å²) in [6.45, 7) is 12.1. The number of allylic oxidation sites excluding steroid dienone is 5. The molecule has 7 nitrogen and oxygen atoms in total. The van der Waals surface area contributed by atoms with E-state index in [2.05, 4.69) is 50.5 Å². The van der Waals surface area contributed by atoms with Crippen LogP contribution < -0.4 is 5.32 Å². The number of nitrogens with one attached hydrogen (secondary N) is 3. The lowest BCUT2D eigenvalue weighted by molar-refractivity contribution is 0.657. The predicted molar refractivity (Wildman–Crippen MR) is 149 cm³/mol. The molecule has 0 spiro atoms. The number of pyridine rings is 2. The number of aromatic amines is 2. The van der Waals surface area contributed by atoms with Gasteiger partial charge in [-0.25, -0.2) is 15.0 Å². The van der Waals surface area contributed by atoms with Crippen molar-refractivity contribution in [2.24, 2.45) is 0 Å². The van der Waals surface area contributed by atoms with Crippen molar-refractivity contribution in [3.8, 4) is 22.0 Å². The molecule has 3 N–H and O–H groups in total. The molecule has 0 saturated carbocycles. The molecule has 0 unspecified atom stereocenters. The number of hydrogen-bond donors (Lipinski definition) is 3. The van der Waals surface area contributed by atoms with E-state index in [0.29, 0.717) is 22.7 Å². The number of aromatic nitrogens is 6. The molecule has 186 valence electrons. The van der Waals surface area contributed by atoms with Crippen molar-refractivity contribution in [1.29, 1.82) is 0 Å². The summed E-state index contributed by atoms with van der Waals surface area (Å²) in [7, 11) is 0. The van der Waals surface area contributed by atoms with Crippen molar-refractivity contribution in [2.45, 2.75) is 26.7 Å². The van der Waals surface area contributed by atoms with Gasteiger partial charge in [0.15, 0.2) is 22.3 Å². The van der Waals surface area contributed by atoms with Crippen LogP contribution in [0.15, 0.2) is 79.3 Å². The van der Waals surface area contributed by atoms with E-state index in [1.54, 1.807) is 18.3 Å². The predicted octanol–water partition coefficient (Wildman–Crippen LogP) is 7.14. The van der Waals surface area contributed by atoms with E-state index in [-0.39, 0.29) is 5.13 Å². The van der Waals surface area contributed by atoms with Gasteiger partial charge in [-0.15, -0.1) is 11.3 Å². The Morgan fingerprint density at radius 1 is 1.19 bits per heavy atom. The standard InChI is InChI=1S/C28H26FN7S/c1-5-8-16(4)31-18(7-3)15-17(6-2)20-9-10-21-25(32-20)26(36-35-21)28-33-24-19(13-14-30-27(24)34-28)22-11-12-23(29)37-22/h6-7,9-15,31H,3-5,8H2,1-2H3,(H,35,36)(H,30,33,34)/b17-6+,18-15+. The first-order valence-corrected chi connectivity index (χ1v) is 12.7. The topological polar surface area (TPSA) is 95.2 Å². The number of imidazole rings is 1. The maximum Gasteiger partial charge on any atom is 0.178 e. The Balaban J connectivity index is 1.54. The molecule has 0 aliphatic rings. The Labute approximate surface area is 217 Å². The lowest BCUT2D eigenvalue weighted by atomic mass is 10.1. The second kappa shape index (κ2) is 10.3. The summed E-state index contributed by atoms with van der Waals surface area (Å²) in [5.74, 6) is 0.532. The molecular formula is C28H26FN7S. The van der Waals surface area contributed by atoms with E-state index in [0.717, 1.165) is 68.3 Å². The van der Waals surface area contributed by atoms with Crippen LogP contribution in [0.4, 0.5) is 4.39 Å². The Kier molecular flexibility index (Phi) is 6.78. The van der Waals surface area contributed by atoms with E-state index in [1.165, 1.54) is 6.07 Å². The van der Waals surface area contributed by atoms with E-state index < -0.39 is 0 Å². The Morgan fingerprint density at radius 3 is 2.78 bits per heavy atom. The number of halogens is 1. The smallest absolute Gasteiger partial charge is 0.178 e. The van der Waals surface area contributed by atoms with Crippen LogP contribution in [-0.4, -0.2) is 30.1 Å². The van der Waals surface area contributed by atoms with Gasteiger partial charge in [-0.05, 0) is 61.4 Å². The largest absolute Gasteiger partial charge is 0.359 e. The van der Waals surface area contributed by atoms with Gasteiger partial charge in [-0.3, -0.25) is 5.10 Å². The molecule has 0 atom stereocenters. The summed E-state index contributed by atoms with van der Waals surface area (Å²) in [5, 5.41) is 10.6. The molecule has 0 fully saturated rings. The Morgan fingerprint density at radius 2 is 2.05 bits per heavy atom. The molecule has 0 amide bonds. The minimum absolute atomic E-state index is 0.243. The van der Waals surface area contributed by atoms with E-state index in [9.17, 15) is 4.39 Å². The van der Waals surface area contributed by atoms with Crippen molar-refractivity contribution in [2.75, 3.05) is 0 Å². The maximum atomic E-state index is 13.7. The molecule has 5 aromatic rings. The molecule has 0 aromatic carbocycles. The molecule has 0 bridgehead atoms. The average molecular weight is 512 g/mol. The molecule has 5 aromatic heterocycles. The fraction of sp³-hybridized carbons (Fsp3) is 0.143. The molecule has 37 heavy (non-hydrogen) atoms. The molecule has 0 aliphatic heterocycles. The van der Waals surface area contributed by atoms with Crippen molar-refractivity contribution in [1.82, 2.24) is 35.5 Å². The zero-order valence-corrected chi connectivity index (χ0v) is 21.4. The van der Waals surface area contributed by atoms with Gasteiger partial charge in [0.25, 0.3) is 0 Å². The second-order valence-electron chi connectivity index (χ2n) is 8.44. The second-order valence-corrected chi connectivity index (χ2v) is 9.47. The van der Waals surface area contributed by atoms with Gasteiger partial charge in [0.1, 0.15) is 5.52 Å². The zero-order valence-electron chi connectivity index (χ0n) is 20.6. The van der Waals surface area contributed by atoms with Crippen molar-refractivity contribution >= 4 is 39.1 Å². The number of rotatable bonds is 9. The summed E-state index contributed by atoms with van der Waals surface area (Å²) in [5.41, 5.74) is 7.62. The lowest BCUT2D eigenvalue weighted by Crippen LogP contribution is -2.10. The Hall–Kier alpha value is -4.37. The zero-order chi connectivity index (χ0) is 25.9. The van der Waals surface area contributed by atoms with Crippen LogP contribution in [0.25, 0.3) is 49.7 Å². The van der Waals surface area contributed by atoms with Crippen LogP contribution in [-0.2, 0) is 0 Å². The lowest BCUT2D eigenvalue weighted by Gasteiger charge is -2.11. The quantitative estimate of drug-likeness (QED) is 0.183.